The van der Waals surface area contributed by atoms with E-state index in [0.717, 1.165) is 29.1 Å². The van der Waals surface area contributed by atoms with Crippen molar-refractivity contribution in [1.29, 1.82) is 0 Å². The van der Waals surface area contributed by atoms with Crippen LogP contribution in [0.5, 0.6) is 0 Å². The van der Waals surface area contributed by atoms with Crippen LogP contribution in [0.25, 0.3) is 11.3 Å². The standard InChI is InChI=1S/C14H17N3O/c1-8-4-11(5-9(2)15-8)14-12-7-18-10(3)6-13(12)16-17-14/h4-5,10H,6-7H2,1-3H3,(H,16,17)/t10-/m1/s1. The van der Waals surface area contributed by atoms with Gasteiger partial charge in [-0.05, 0) is 32.9 Å². The highest BCUT2D eigenvalue weighted by molar-refractivity contribution is 5.64. The van der Waals surface area contributed by atoms with Crippen LogP contribution in [0.4, 0.5) is 0 Å². The second kappa shape index (κ2) is 4.21. The molecule has 2 aromatic rings. The van der Waals surface area contributed by atoms with Crippen molar-refractivity contribution in [2.75, 3.05) is 0 Å². The lowest BCUT2D eigenvalue weighted by Crippen LogP contribution is -2.18. The normalized spacial score (nSPS) is 18.7. The number of nitrogens with one attached hydrogen (secondary N) is 1. The Morgan fingerprint density at radius 3 is 2.72 bits per heavy atom. The van der Waals surface area contributed by atoms with Crippen molar-refractivity contribution in [3.8, 4) is 11.3 Å². The van der Waals surface area contributed by atoms with Gasteiger partial charge < -0.3 is 4.74 Å². The molecule has 3 heterocycles. The average molecular weight is 243 g/mol. The first kappa shape index (κ1) is 11.4. The molecule has 0 radical (unpaired) electrons. The number of aryl methyl sites for hydroxylation is 2. The van der Waals surface area contributed by atoms with Crippen LogP contribution in [-0.4, -0.2) is 21.3 Å². The summed E-state index contributed by atoms with van der Waals surface area (Å²) in [5.41, 5.74) is 6.56. The van der Waals surface area contributed by atoms with Gasteiger partial charge in [0.25, 0.3) is 0 Å². The summed E-state index contributed by atoms with van der Waals surface area (Å²) in [4.78, 5) is 4.40. The first-order valence-electron chi connectivity index (χ1n) is 6.27. The summed E-state index contributed by atoms with van der Waals surface area (Å²) in [5.74, 6) is 0. The van der Waals surface area contributed by atoms with E-state index in [1.807, 2.05) is 13.8 Å². The summed E-state index contributed by atoms with van der Waals surface area (Å²) in [5, 5.41) is 7.60. The third-order valence-corrected chi connectivity index (χ3v) is 3.31. The van der Waals surface area contributed by atoms with Crippen molar-refractivity contribution in [1.82, 2.24) is 15.2 Å². The van der Waals surface area contributed by atoms with Crippen molar-refractivity contribution in [2.45, 2.75) is 39.9 Å². The van der Waals surface area contributed by atoms with Gasteiger partial charge in [-0.2, -0.15) is 5.10 Å². The SMILES string of the molecule is Cc1cc(-c2n[nH]c3c2CO[C@H](C)C3)cc(C)n1. The molecule has 18 heavy (non-hydrogen) atoms. The molecule has 1 atom stereocenters. The lowest BCUT2D eigenvalue weighted by Gasteiger charge is -2.19. The lowest BCUT2D eigenvalue weighted by atomic mass is 10.0. The Balaban J connectivity index is 2.07. The van der Waals surface area contributed by atoms with E-state index in [1.54, 1.807) is 0 Å². The van der Waals surface area contributed by atoms with Gasteiger partial charge in [0.05, 0.1) is 18.4 Å². The number of fused-ring (bicyclic) bond motifs is 1. The number of aromatic nitrogens is 3. The van der Waals surface area contributed by atoms with Gasteiger partial charge in [0.1, 0.15) is 0 Å². The zero-order valence-corrected chi connectivity index (χ0v) is 10.9. The van der Waals surface area contributed by atoms with Crippen molar-refractivity contribution >= 4 is 0 Å². The molecule has 0 amide bonds. The molecule has 1 aliphatic rings. The van der Waals surface area contributed by atoms with Gasteiger partial charge in [-0.15, -0.1) is 0 Å². The van der Waals surface area contributed by atoms with Gasteiger partial charge in [-0.1, -0.05) is 0 Å². The molecule has 2 aromatic heterocycles. The molecule has 0 aromatic carbocycles. The van der Waals surface area contributed by atoms with Crippen LogP contribution >= 0.6 is 0 Å². The number of hydrogen-bond acceptors (Lipinski definition) is 3. The number of hydrogen-bond donors (Lipinski definition) is 1. The molecule has 3 rings (SSSR count). The number of rotatable bonds is 1. The number of pyridine rings is 1. The van der Waals surface area contributed by atoms with Gasteiger partial charge in [0, 0.05) is 34.6 Å². The Kier molecular flexibility index (Phi) is 2.67. The predicted octanol–water partition coefficient (Wildman–Crippen LogP) is 2.55. The van der Waals surface area contributed by atoms with E-state index in [9.17, 15) is 0 Å². The highest BCUT2D eigenvalue weighted by Crippen LogP contribution is 2.29. The zero-order chi connectivity index (χ0) is 12.7. The molecular weight excluding hydrogens is 226 g/mol. The molecule has 94 valence electrons. The summed E-state index contributed by atoms with van der Waals surface area (Å²) < 4.78 is 5.71. The third-order valence-electron chi connectivity index (χ3n) is 3.31. The lowest BCUT2D eigenvalue weighted by molar-refractivity contribution is 0.0407. The van der Waals surface area contributed by atoms with E-state index >= 15 is 0 Å². The van der Waals surface area contributed by atoms with Crippen LogP contribution < -0.4 is 0 Å². The minimum Gasteiger partial charge on any atom is -0.373 e. The van der Waals surface area contributed by atoms with Gasteiger partial charge in [-0.25, -0.2) is 0 Å². The molecule has 0 spiro atoms. The first-order chi connectivity index (χ1) is 8.63. The highest BCUT2D eigenvalue weighted by atomic mass is 16.5. The Bertz CT molecular complexity index is 568. The average Bonchev–Trinajstić information content (AvgIpc) is 2.70. The first-order valence-corrected chi connectivity index (χ1v) is 6.27. The molecule has 0 unspecified atom stereocenters. The molecule has 0 fully saturated rings. The Labute approximate surface area is 106 Å². The number of nitrogens with zero attached hydrogens (tertiary/aromatic N) is 2. The summed E-state index contributed by atoms with van der Waals surface area (Å²) in [6.45, 7) is 6.75. The molecule has 0 bridgehead atoms. The number of aromatic amines is 1. The van der Waals surface area contributed by atoms with Crippen LogP contribution in [-0.2, 0) is 17.8 Å². The highest BCUT2D eigenvalue weighted by Gasteiger charge is 2.22. The van der Waals surface area contributed by atoms with E-state index in [2.05, 4.69) is 34.2 Å². The van der Waals surface area contributed by atoms with Crippen LogP contribution in [0.2, 0.25) is 0 Å². The molecule has 0 saturated heterocycles. The molecule has 1 N–H and O–H groups in total. The molecule has 4 nitrogen and oxygen atoms in total. The second-order valence-corrected chi connectivity index (χ2v) is 4.99. The summed E-state index contributed by atoms with van der Waals surface area (Å²) in [7, 11) is 0. The number of H-pyrrole nitrogens is 1. The zero-order valence-electron chi connectivity index (χ0n) is 10.9. The number of ether oxygens (including phenoxy) is 1. The molecule has 1 aliphatic heterocycles. The largest absolute Gasteiger partial charge is 0.373 e. The summed E-state index contributed by atoms with van der Waals surface area (Å²) in [6.07, 6.45) is 1.18. The summed E-state index contributed by atoms with van der Waals surface area (Å²) >= 11 is 0. The maximum absolute atomic E-state index is 5.71. The quantitative estimate of drug-likeness (QED) is 0.837. The van der Waals surface area contributed by atoms with Crippen LogP contribution in [0.3, 0.4) is 0 Å². The Morgan fingerprint density at radius 1 is 1.28 bits per heavy atom. The van der Waals surface area contributed by atoms with E-state index in [0.29, 0.717) is 6.61 Å². The van der Waals surface area contributed by atoms with Crippen LogP contribution in [0.1, 0.15) is 29.6 Å². The predicted molar refractivity (Wildman–Crippen MR) is 69.2 cm³/mol. The maximum Gasteiger partial charge on any atom is 0.0980 e. The Hall–Kier alpha value is -1.68. The smallest absolute Gasteiger partial charge is 0.0980 e. The topological polar surface area (TPSA) is 50.8 Å². The monoisotopic (exact) mass is 243 g/mol. The molecule has 0 aliphatic carbocycles. The fraction of sp³-hybridized carbons (Fsp3) is 0.429. The van der Waals surface area contributed by atoms with Gasteiger partial charge in [0.15, 0.2) is 0 Å². The van der Waals surface area contributed by atoms with E-state index < -0.39 is 0 Å². The fourth-order valence-electron chi connectivity index (χ4n) is 2.51. The van der Waals surface area contributed by atoms with Gasteiger partial charge >= 0.3 is 0 Å². The van der Waals surface area contributed by atoms with E-state index in [-0.39, 0.29) is 6.10 Å². The van der Waals surface area contributed by atoms with E-state index in [4.69, 9.17) is 4.74 Å². The minimum atomic E-state index is 0.270. The molecule has 0 saturated carbocycles. The van der Waals surface area contributed by atoms with Crippen molar-refractivity contribution in [3.05, 3.63) is 34.8 Å². The maximum atomic E-state index is 5.71. The third kappa shape index (κ3) is 1.93. The summed E-state index contributed by atoms with van der Waals surface area (Å²) in [6, 6.07) is 4.14. The Morgan fingerprint density at radius 2 is 2.00 bits per heavy atom. The molecular formula is C14H17N3O. The van der Waals surface area contributed by atoms with Crippen LogP contribution in [0.15, 0.2) is 12.1 Å². The molecule has 4 heteroatoms. The van der Waals surface area contributed by atoms with E-state index in [1.165, 1.54) is 11.3 Å². The van der Waals surface area contributed by atoms with Crippen molar-refractivity contribution < 1.29 is 4.74 Å². The van der Waals surface area contributed by atoms with Gasteiger partial charge in [-0.3, -0.25) is 10.1 Å². The van der Waals surface area contributed by atoms with Crippen molar-refractivity contribution in [2.24, 2.45) is 0 Å². The fourth-order valence-corrected chi connectivity index (χ4v) is 2.51. The second-order valence-electron chi connectivity index (χ2n) is 4.99. The van der Waals surface area contributed by atoms with Crippen molar-refractivity contribution in [3.63, 3.8) is 0 Å². The van der Waals surface area contributed by atoms with Gasteiger partial charge in [0.2, 0.25) is 0 Å². The minimum absolute atomic E-state index is 0.270. The van der Waals surface area contributed by atoms with Crippen LogP contribution in [0, 0.1) is 13.8 Å².